The van der Waals surface area contributed by atoms with E-state index in [1.54, 1.807) is 23.1 Å². The van der Waals surface area contributed by atoms with Crippen molar-refractivity contribution in [1.29, 1.82) is 0 Å². The summed E-state index contributed by atoms with van der Waals surface area (Å²) in [5, 5.41) is 14.1. The second-order valence-electron chi connectivity index (χ2n) is 5.03. The molecule has 1 saturated heterocycles. The molecule has 20 heavy (non-hydrogen) atoms. The third-order valence-electron chi connectivity index (χ3n) is 3.71. The highest BCUT2D eigenvalue weighted by atomic mass is 16.6. The topological polar surface area (TPSA) is 75.5 Å². The quantitative estimate of drug-likeness (QED) is 0.666. The molecule has 0 bridgehead atoms. The Hall–Kier alpha value is -1.95. The molecule has 1 heterocycles. The lowest BCUT2D eigenvalue weighted by atomic mass is 10.0. The summed E-state index contributed by atoms with van der Waals surface area (Å²) in [7, 11) is 1.89. The molecule has 2 rings (SSSR count). The second kappa shape index (κ2) is 6.47. The molecule has 1 amide bonds. The van der Waals surface area contributed by atoms with Gasteiger partial charge in [0.2, 0.25) is 5.91 Å². The van der Waals surface area contributed by atoms with E-state index in [-0.39, 0.29) is 18.0 Å². The maximum atomic E-state index is 12.3. The van der Waals surface area contributed by atoms with E-state index in [4.69, 9.17) is 0 Å². The van der Waals surface area contributed by atoms with E-state index in [0.717, 1.165) is 19.4 Å². The van der Waals surface area contributed by atoms with E-state index in [9.17, 15) is 14.9 Å². The van der Waals surface area contributed by atoms with Crippen LogP contribution in [0.3, 0.4) is 0 Å². The molecule has 1 unspecified atom stereocenters. The molecule has 6 heteroatoms. The molecule has 1 atom stereocenters. The van der Waals surface area contributed by atoms with Gasteiger partial charge in [-0.1, -0.05) is 18.2 Å². The van der Waals surface area contributed by atoms with E-state index in [0.29, 0.717) is 18.2 Å². The Morgan fingerprint density at radius 2 is 2.25 bits per heavy atom. The van der Waals surface area contributed by atoms with Gasteiger partial charge in [-0.3, -0.25) is 14.9 Å². The zero-order valence-corrected chi connectivity index (χ0v) is 11.5. The minimum atomic E-state index is -0.435. The van der Waals surface area contributed by atoms with Crippen LogP contribution in [-0.4, -0.2) is 41.9 Å². The lowest BCUT2D eigenvalue weighted by Gasteiger charge is -2.32. The van der Waals surface area contributed by atoms with Gasteiger partial charge in [-0.2, -0.15) is 0 Å². The van der Waals surface area contributed by atoms with Crippen molar-refractivity contribution >= 4 is 11.6 Å². The molecule has 1 aliphatic rings. The number of benzene rings is 1. The van der Waals surface area contributed by atoms with Crippen molar-refractivity contribution < 1.29 is 9.72 Å². The molecule has 108 valence electrons. The number of nitro benzene ring substituents is 1. The molecular weight excluding hydrogens is 258 g/mol. The molecule has 1 fully saturated rings. The van der Waals surface area contributed by atoms with Crippen LogP contribution in [0.15, 0.2) is 24.3 Å². The number of likely N-dealkylation sites (N-methyl/N-ethyl adjacent to an activating group) is 1. The fraction of sp³-hybridized carbons (Fsp3) is 0.500. The predicted molar refractivity (Wildman–Crippen MR) is 75.5 cm³/mol. The molecule has 6 nitrogen and oxygen atoms in total. The molecular formula is C14H19N3O3. The molecule has 0 radical (unpaired) electrons. The molecule has 0 spiro atoms. The first-order valence-corrected chi connectivity index (χ1v) is 6.79. The van der Waals surface area contributed by atoms with Gasteiger partial charge in [0.1, 0.15) is 0 Å². The fourth-order valence-electron chi connectivity index (χ4n) is 2.55. The number of carbonyl (C=O) groups excluding carboxylic acids is 1. The number of piperidine rings is 1. The highest BCUT2D eigenvalue weighted by Crippen LogP contribution is 2.20. The average molecular weight is 277 g/mol. The first-order valence-electron chi connectivity index (χ1n) is 6.79. The minimum absolute atomic E-state index is 0.0167. The molecule has 0 saturated carbocycles. The SMILES string of the molecule is CNC1CCCN(C(=O)Cc2ccccc2[N+](=O)[O-])C1. The van der Waals surface area contributed by atoms with Crippen LogP contribution in [0.4, 0.5) is 5.69 Å². The van der Waals surface area contributed by atoms with E-state index in [2.05, 4.69) is 5.32 Å². The first kappa shape index (κ1) is 14.5. The maximum absolute atomic E-state index is 12.3. The van der Waals surface area contributed by atoms with Gasteiger partial charge in [0, 0.05) is 30.8 Å². The molecule has 1 N–H and O–H groups in total. The standard InChI is InChI=1S/C14H19N3O3/c1-15-12-6-4-8-16(10-12)14(18)9-11-5-2-3-7-13(11)17(19)20/h2-3,5,7,12,15H,4,6,8-10H2,1H3. The number of para-hydroxylation sites is 1. The summed E-state index contributed by atoms with van der Waals surface area (Å²) in [6.07, 6.45) is 2.12. The summed E-state index contributed by atoms with van der Waals surface area (Å²) < 4.78 is 0. The third-order valence-corrected chi connectivity index (χ3v) is 3.71. The van der Waals surface area contributed by atoms with Gasteiger partial charge in [-0.15, -0.1) is 0 Å². The summed E-state index contributed by atoms with van der Waals surface area (Å²) in [6.45, 7) is 1.41. The maximum Gasteiger partial charge on any atom is 0.273 e. The Morgan fingerprint density at radius 3 is 2.95 bits per heavy atom. The molecule has 0 aromatic heterocycles. The van der Waals surface area contributed by atoms with Crippen molar-refractivity contribution in [2.75, 3.05) is 20.1 Å². The van der Waals surface area contributed by atoms with Crippen molar-refractivity contribution in [1.82, 2.24) is 10.2 Å². The van der Waals surface area contributed by atoms with Crippen LogP contribution in [0.25, 0.3) is 0 Å². The number of nitrogens with one attached hydrogen (secondary N) is 1. The van der Waals surface area contributed by atoms with Crippen molar-refractivity contribution in [3.05, 3.63) is 39.9 Å². The van der Waals surface area contributed by atoms with E-state index in [1.807, 2.05) is 7.05 Å². The average Bonchev–Trinajstić information content (AvgIpc) is 2.47. The number of hydrogen-bond donors (Lipinski definition) is 1. The van der Waals surface area contributed by atoms with Gasteiger partial charge in [-0.25, -0.2) is 0 Å². The van der Waals surface area contributed by atoms with Crippen molar-refractivity contribution in [3.8, 4) is 0 Å². The fourth-order valence-corrected chi connectivity index (χ4v) is 2.55. The highest BCUT2D eigenvalue weighted by Gasteiger charge is 2.24. The van der Waals surface area contributed by atoms with Gasteiger partial charge in [0.05, 0.1) is 11.3 Å². The van der Waals surface area contributed by atoms with Crippen molar-refractivity contribution in [2.45, 2.75) is 25.3 Å². The monoisotopic (exact) mass is 277 g/mol. The van der Waals surface area contributed by atoms with Crippen LogP contribution >= 0.6 is 0 Å². The summed E-state index contributed by atoms with van der Waals surface area (Å²) >= 11 is 0. The van der Waals surface area contributed by atoms with E-state index >= 15 is 0 Å². The number of nitro groups is 1. The lowest BCUT2D eigenvalue weighted by Crippen LogP contribution is -2.47. The van der Waals surface area contributed by atoms with Crippen LogP contribution in [0, 0.1) is 10.1 Å². The summed E-state index contributed by atoms with van der Waals surface area (Å²) in [4.78, 5) is 24.6. The van der Waals surface area contributed by atoms with Crippen LogP contribution < -0.4 is 5.32 Å². The smallest absolute Gasteiger partial charge is 0.273 e. The van der Waals surface area contributed by atoms with Crippen LogP contribution in [0.1, 0.15) is 18.4 Å². The molecule has 1 aromatic rings. The van der Waals surface area contributed by atoms with E-state index < -0.39 is 4.92 Å². The molecule has 1 aliphatic heterocycles. The van der Waals surface area contributed by atoms with Crippen LogP contribution in [0.2, 0.25) is 0 Å². The van der Waals surface area contributed by atoms with E-state index in [1.165, 1.54) is 6.07 Å². The normalized spacial score (nSPS) is 18.9. The van der Waals surface area contributed by atoms with Crippen molar-refractivity contribution in [3.63, 3.8) is 0 Å². The number of carbonyl (C=O) groups is 1. The van der Waals surface area contributed by atoms with Crippen LogP contribution in [-0.2, 0) is 11.2 Å². The van der Waals surface area contributed by atoms with Gasteiger partial charge < -0.3 is 10.2 Å². The van der Waals surface area contributed by atoms with Gasteiger partial charge in [0.25, 0.3) is 5.69 Å². The lowest BCUT2D eigenvalue weighted by molar-refractivity contribution is -0.385. The number of hydrogen-bond acceptors (Lipinski definition) is 4. The van der Waals surface area contributed by atoms with Gasteiger partial charge in [-0.05, 0) is 19.9 Å². The van der Waals surface area contributed by atoms with Crippen LogP contribution in [0.5, 0.6) is 0 Å². The molecule has 1 aromatic carbocycles. The third kappa shape index (κ3) is 3.33. The number of rotatable bonds is 4. The number of amides is 1. The summed E-state index contributed by atoms with van der Waals surface area (Å²) in [5.74, 6) is -0.0424. The zero-order chi connectivity index (χ0) is 14.5. The zero-order valence-electron chi connectivity index (χ0n) is 11.5. The summed E-state index contributed by atoms with van der Waals surface area (Å²) in [6, 6.07) is 6.75. The predicted octanol–water partition coefficient (Wildman–Crippen LogP) is 1.35. The Kier molecular flexibility index (Phi) is 4.68. The Bertz CT molecular complexity index is 504. The first-order chi connectivity index (χ1) is 9.61. The van der Waals surface area contributed by atoms with Gasteiger partial charge >= 0.3 is 0 Å². The largest absolute Gasteiger partial charge is 0.341 e. The highest BCUT2D eigenvalue weighted by molar-refractivity contribution is 5.80. The molecule has 0 aliphatic carbocycles. The number of likely N-dealkylation sites (tertiary alicyclic amines) is 1. The second-order valence-corrected chi connectivity index (χ2v) is 5.03. The van der Waals surface area contributed by atoms with Gasteiger partial charge in [0.15, 0.2) is 0 Å². The minimum Gasteiger partial charge on any atom is -0.341 e. The Morgan fingerprint density at radius 1 is 1.50 bits per heavy atom. The number of nitrogens with zero attached hydrogens (tertiary/aromatic N) is 2. The Balaban J connectivity index is 2.06. The Labute approximate surface area is 117 Å². The van der Waals surface area contributed by atoms with Crippen molar-refractivity contribution in [2.24, 2.45) is 0 Å². The summed E-state index contributed by atoms with van der Waals surface area (Å²) in [5.41, 5.74) is 0.497.